The Morgan fingerprint density at radius 1 is 1.70 bits per heavy atom. The van der Waals surface area contributed by atoms with E-state index in [1.165, 1.54) is 19.5 Å². The molecule has 1 rings (SSSR count). The van der Waals surface area contributed by atoms with Crippen LogP contribution in [0.2, 0.25) is 0 Å². The maximum atomic E-state index is 3.79. The molecule has 58 valence electrons. The lowest BCUT2D eigenvalue weighted by molar-refractivity contribution is 0.291. The fourth-order valence-corrected chi connectivity index (χ4v) is 1.49. The van der Waals surface area contributed by atoms with E-state index in [4.69, 9.17) is 0 Å². The average Bonchev–Trinajstić information content (AvgIpc) is 2.34. The third-order valence-electron chi connectivity index (χ3n) is 2.37. The first-order valence-corrected chi connectivity index (χ1v) is 4.10. The van der Waals surface area contributed by atoms with Gasteiger partial charge in [-0.25, -0.2) is 0 Å². The molecule has 0 saturated carbocycles. The van der Waals surface area contributed by atoms with Crippen LogP contribution in [0.1, 0.15) is 20.3 Å². The van der Waals surface area contributed by atoms with Crippen molar-refractivity contribution in [1.82, 2.24) is 4.90 Å². The maximum absolute atomic E-state index is 3.79. The minimum atomic E-state index is 0.574. The summed E-state index contributed by atoms with van der Waals surface area (Å²) in [6.07, 6.45) is 3.39. The van der Waals surface area contributed by atoms with Crippen LogP contribution in [0, 0.1) is 5.92 Å². The molecule has 1 nitrogen and oxygen atoms in total. The van der Waals surface area contributed by atoms with Gasteiger partial charge in [-0.05, 0) is 25.8 Å². The summed E-state index contributed by atoms with van der Waals surface area (Å²) in [6, 6.07) is 0.574. The van der Waals surface area contributed by atoms with Crippen LogP contribution in [0.25, 0.3) is 0 Å². The highest BCUT2D eigenvalue weighted by Gasteiger charge is 2.20. The van der Waals surface area contributed by atoms with Gasteiger partial charge in [-0.3, -0.25) is 4.90 Å². The Hall–Kier alpha value is -0.300. The molecule has 2 atom stereocenters. The summed E-state index contributed by atoms with van der Waals surface area (Å²) in [7, 11) is 0. The van der Waals surface area contributed by atoms with Crippen molar-refractivity contribution in [3.63, 3.8) is 0 Å². The number of likely N-dealkylation sites (tertiary alicyclic amines) is 1. The number of nitrogens with zero attached hydrogens (tertiary/aromatic N) is 1. The summed E-state index contributed by atoms with van der Waals surface area (Å²) in [5, 5.41) is 0. The minimum Gasteiger partial charge on any atom is -0.297 e. The van der Waals surface area contributed by atoms with Crippen molar-refractivity contribution in [2.24, 2.45) is 5.92 Å². The summed E-state index contributed by atoms with van der Waals surface area (Å²) in [5.74, 6) is 0.891. The second kappa shape index (κ2) is 3.20. The van der Waals surface area contributed by atoms with E-state index >= 15 is 0 Å². The zero-order valence-electron chi connectivity index (χ0n) is 7.01. The maximum Gasteiger partial charge on any atom is 0.0247 e. The molecule has 0 N–H and O–H groups in total. The molecule has 1 heterocycles. The molecular weight excluding hydrogens is 122 g/mol. The molecular formula is C9H17N. The van der Waals surface area contributed by atoms with Crippen molar-refractivity contribution >= 4 is 0 Å². The molecule has 1 fully saturated rings. The zero-order valence-corrected chi connectivity index (χ0v) is 7.01. The van der Waals surface area contributed by atoms with E-state index in [-0.39, 0.29) is 0 Å². The minimum absolute atomic E-state index is 0.574. The van der Waals surface area contributed by atoms with E-state index in [1.807, 2.05) is 6.08 Å². The van der Waals surface area contributed by atoms with Gasteiger partial charge in [-0.1, -0.05) is 13.0 Å². The molecule has 0 spiro atoms. The van der Waals surface area contributed by atoms with Gasteiger partial charge in [0.25, 0.3) is 0 Å². The summed E-state index contributed by atoms with van der Waals surface area (Å²) in [4.78, 5) is 2.48. The quantitative estimate of drug-likeness (QED) is 0.528. The van der Waals surface area contributed by atoms with Crippen molar-refractivity contribution in [2.45, 2.75) is 26.3 Å². The van der Waals surface area contributed by atoms with E-state index in [0.717, 1.165) is 5.92 Å². The van der Waals surface area contributed by atoms with Gasteiger partial charge in [0.2, 0.25) is 0 Å². The van der Waals surface area contributed by atoms with Gasteiger partial charge in [-0.15, -0.1) is 6.58 Å². The predicted octanol–water partition coefficient (Wildman–Crippen LogP) is 1.90. The molecule has 1 aliphatic heterocycles. The Morgan fingerprint density at radius 3 is 2.80 bits per heavy atom. The molecule has 0 bridgehead atoms. The molecule has 0 amide bonds. The Labute approximate surface area is 63.7 Å². The third-order valence-corrected chi connectivity index (χ3v) is 2.37. The summed E-state index contributed by atoms with van der Waals surface area (Å²) >= 11 is 0. The second-order valence-electron chi connectivity index (χ2n) is 3.37. The lowest BCUT2D eigenvalue weighted by Crippen LogP contribution is -2.28. The first kappa shape index (κ1) is 7.80. The van der Waals surface area contributed by atoms with E-state index in [1.54, 1.807) is 0 Å². The SMILES string of the molecule is C=CC(C)N1CC[C@H](C)C1. The number of hydrogen-bond donors (Lipinski definition) is 0. The Balaban J connectivity index is 2.36. The lowest BCUT2D eigenvalue weighted by Gasteiger charge is -2.20. The standard InChI is InChI=1S/C9H17N/c1-4-9(3)10-6-5-8(2)7-10/h4,8-9H,1,5-7H2,2-3H3/t8-,9?/m0/s1. The van der Waals surface area contributed by atoms with Gasteiger partial charge < -0.3 is 0 Å². The molecule has 0 aromatic heterocycles. The van der Waals surface area contributed by atoms with E-state index in [2.05, 4.69) is 25.3 Å². The van der Waals surface area contributed by atoms with Crippen LogP contribution in [0.3, 0.4) is 0 Å². The topological polar surface area (TPSA) is 3.24 Å². The summed E-state index contributed by atoms with van der Waals surface area (Å²) in [5.41, 5.74) is 0. The van der Waals surface area contributed by atoms with Crippen LogP contribution in [-0.2, 0) is 0 Å². The molecule has 1 aliphatic rings. The Morgan fingerprint density at radius 2 is 2.40 bits per heavy atom. The molecule has 1 heteroatoms. The lowest BCUT2D eigenvalue weighted by atomic mass is 10.2. The molecule has 0 aromatic carbocycles. The van der Waals surface area contributed by atoms with Crippen molar-refractivity contribution < 1.29 is 0 Å². The first-order valence-electron chi connectivity index (χ1n) is 4.10. The fraction of sp³-hybridized carbons (Fsp3) is 0.778. The molecule has 10 heavy (non-hydrogen) atoms. The van der Waals surface area contributed by atoms with Gasteiger partial charge in [-0.2, -0.15) is 0 Å². The van der Waals surface area contributed by atoms with Crippen LogP contribution < -0.4 is 0 Å². The highest BCUT2D eigenvalue weighted by atomic mass is 15.2. The van der Waals surface area contributed by atoms with E-state index < -0.39 is 0 Å². The summed E-state index contributed by atoms with van der Waals surface area (Å²) < 4.78 is 0. The predicted molar refractivity (Wildman–Crippen MR) is 45.0 cm³/mol. The van der Waals surface area contributed by atoms with Crippen LogP contribution in [0.15, 0.2) is 12.7 Å². The van der Waals surface area contributed by atoms with Gasteiger partial charge in [0.05, 0.1) is 0 Å². The number of hydrogen-bond acceptors (Lipinski definition) is 1. The fourth-order valence-electron chi connectivity index (χ4n) is 1.49. The van der Waals surface area contributed by atoms with Gasteiger partial charge in [0.1, 0.15) is 0 Å². The number of rotatable bonds is 2. The van der Waals surface area contributed by atoms with Crippen LogP contribution >= 0.6 is 0 Å². The molecule has 0 aliphatic carbocycles. The summed E-state index contributed by atoms with van der Waals surface area (Å²) in [6.45, 7) is 10.8. The molecule has 1 saturated heterocycles. The van der Waals surface area contributed by atoms with Crippen molar-refractivity contribution in [2.75, 3.05) is 13.1 Å². The highest BCUT2D eigenvalue weighted by Crippen LogP contribution is 2.17. The largest absolute Gasteiger partial charge is 0.297 e. The van der Waals surface area contributed by atoms with E-state index in [0.29, 0.717) is 6.04 Å². The van der Waals surface area contributed by atoms with Crippen molar-refractivity contribution in [3.8, 4) is 0 Å². The van der Waals surface area contributed by atoms with Crippen LogP contribution in [0.5, 0.6) is 0 Å². The highest BCUT2D eigenvalue weighted by molar-refractivity contribution is 4.87. The first-order chi connectivity index (χ1) is 4.74. The second-order valence-corrected chi connectivity index (χ2v) is 3.37. The van der Waals surface area contributed by atoms with Crippen LogP contribution in [-0.4, -0.2) is 24.0 Å². The molecule has 1 unspecified atom stereocenters. The average molecular weight is 139 g/mol. The third kappa shape index (κ3) is 1.60. The Bertz CT molecular complexity index is 120. The van der Waals surface area contributed by atoms with Crippen molar-refractivity contribution in [1.29, 1.82) is 0 Å². The van der Waals surface area contributed by atoms with Crippen molar-refractivity contribution in [3.05, 3.63) is 12.7 Å². The Kier molecular flexibility index (Phi) is 2.50. The van der Waals surface area contributed by atoms with Gasteiger partial charge >= 0.3 is 0 Å². The van der Waals surface area contributed by atoms with Gasteiger partial charge in [0, 0.05) is 12.6 Å². The smallest absolute Gasteiger partial charge is 0.0247 e. The van der Waals surface area contributed by atoms with E-state index in [9.17, 15) is 0 Å². The van der Waals surface area contributed by atoms with Gasteiger partial charge in [0.15, 0.2) is 0 Å². The zero-order chi connectivity index (χ0) is 7.56. The normalized spacial score (nSPS) is 30.4. The molecule has 0 aromatic rings. The monoisotopic (exact) mass is 139 g/mol. The van der Waals surface area contributed by atoms with Crippen LogP contribution in [0.4, 0.5) is 0 Å². The molecule has 0 radical (unpaired) electrons.